The van der Waals surface area contributed by atoms with E-state index in [4.69, 9.17) is 10.5 Å². The SMILES string of the molecule is NCCOCCNC(=O)[C@@H]1CCNC(=O)/C=C/C(=O)N2CCC[C@](Cc3ccccc3)(C2)C(=O)N[C@@H](Cc2ccc(-c3ccc(CC(C(=O)O)C(=O)O)cc3)cc2)C(=O)NCc2ccccc2CC(=O)N1. The fourth-order valence-electron chi connectivity index (χ4n) is 8.76. The molecule has 0 unspecified atom stereocenters. The highest BCUT2D eigenvalue weighted by molar-refractivity contribution is 5.98. The van der Waals surface area contributed by atoms with Crippen LogP contribution < -0.4 is 32.3 Å². The van der Waals surface area contributed by atoms with Crippen molar-refractivity contribution in [3.05, 3.63) is 143 Å². The highest BCUT2D eigenvalue weighted by Gasteiger charge is 2.44. The van der Waals surface area contributed by atoms with E-state index in [1.54, 1.807) is 48.5 Å². The van der Waals surface area contributed by atoms with Gasteiger partial charge in [-0.1, -0.05) is 103 Å². The molecule has 2 aliphatic rings. The Kier molecular flexibility index (Phi) is 19.1. The van der Waals surface area contributed by atoms with Crippen LogP contribution in [0.15, 0.2) is 115 Å². The number of piperidine rings is 1. The Labute approximate surface area is 411 Å². The minimum absolute atomic E-state index is 0.00815. The smallest absolute Gasteiger partial charge is 0.318 e. The van der Waals surface area contributed by atoms with Gasteiger partial charge in [-0.2, -0.15) is 0 Å². The maximum Gasteiger partial charge on any atom is 0.318 e. The number of benzene rings is 4. The lowest BCUT2D eigenvalue weighted by atomic mass is 9.74. The number of carboxylic acid groups (broad SMARTS) is 2. The van der Waals surface area contributed by atoms with Crippen molar-refractivity contribution in [2.75, 3.05) is 45.9 Å². The third kappa shape index (κ3) is 15.4. The molecule has 1 fully saturated rings. The van der Waals surface area contributed by atoms with Crippen LogP contribution in [-0.2, 0) is 75.3 Å². The number of hydrogen-bond acceptors (Lipinski definition) is 10. The van der Waals surface area contributed by atoms with Gasteiger partial charge in [0.05, 0.1) is 25.0 Å². The lowest BCUT2D eigenvalue weighted by Gasteiger charge is -2.42. The van der Waals surface area contributed by atoms with Crippen LogP contribution in [0.25, 0.3) is 11.1 Å². The highest BCUT2D eigenvalue weighted by Crippen LogP contribution is 2.35. The van der Waals surface area contributed by atoms with Crippen molar-refractivity contribution in [2.24, 2.45) is 17.1 Å². The zero-order valence-corrected chi connectivity index (χ0v) is 39.4. The van der Waals surface area contributed by atoms with Crippen molar-refractivity contribution >= 4 is 47.4 Å². The maximum absolute atomic E-state index is 15.0. The molecule has 0 spiro atoms. The molecule has 6 amide bonds. The van der Waals surface area contributed by atoms with E-state index >= 15 is 0 Å². The van der Waals surface area contributed by atoms with Gasteiger partial charge < -0.3 is 52.2 Å². The Morgan fingerprint density at radius 1 is 0.775 bits per heavy atom. The summed E-state index contributed by atoms with van der Waals surface area (Å²) in [6.07, 6.45) is 3.14. The lowest BCUT2D eigenvalue weighted by Crippen LogP contribution is -2.58. The van der Waals surface area contributed by atoms with Crippen molar-refractivity contribution < 1.29 is 53.3 Å². The van der Waals surface area contributed by atoms with E-state index in [-0.39, 0.29) is 64.9 Å². The number of hydrogen-bond donors (Lipinski definition) is 8. The van der Waals surface area contributed by atoms with Crippen molar-refractivity contribution in [3.8, 4) is 11.1 Å². The zero-order valence-electron chi connectivity index (χ0n) is 39.4. The van der Waals surface area contributed by atoms with E-state index < -0.39 is 70.8 Å². The van der Waals surface area contributed by atoms with Crippen molar-refractivity contribution in [3.63, 3.8) is 0 Å². The van der Waals surface area contributed by atoms with Crippen LogP contribution in [0.4, 0.5) is 0 Å². The molecule has 2 aliphatic heterocycles. The van der Waals surface area contributed by atoms with Gasteiger partial charge in [-0.15, -0.1) is 0 Å². The van der Waals surface area contributed by atoms with Crippen LogP contribution in [0, 0.1) is 11.3 Å². The number of aliphatic carboxylic acids is 2. The van der Waals surface area contributed by atoms with E-state index in [9.17, 15) is 48.6 Å². The Hall–Kier alpha value is -7.70. The summed E-state index contributed by atoms with van der Waals surface area (Å²) in [6, 6.07) is 28.6. The van der Waals surface area contributed by atoms with E-state index in [0.29, 0.717) is 54.8 Å². The summed E-state index contributed by atoms with van der Waals surface area (Å²) in [4.78, 5) is 108. The molecule has 6 rings (SSSR count). The molecule has 0 aromatic heterocycles. The molecule has 0 aliphatic carbocycles. The number of carbonyl (C=O) groups is 8. The van der Waals surface area contributed by atoms with Gasteiger partial charge in [-0.05, 0) is 71.0 Å². The van der Waals surface area contributed by atoms with E-state index in [0.717, 1.165) is 28.8 Å². The molecular weight excluding hydrogens is 911 g/mol. The number of fused-ring (bicyclic) bond motifs is 3. The summed E-state index contributed by atoms with van der Waals surface area (Å²) in [6.45, 7) is 1.30. The lowest BCUT2D eigenvalue weighted by molar-refractivity contribution is -0.154. The summed E-state index contributed by atoms with van der Waals surface area (Å²) < 4.78 is 5.36. The molecule has 0 radical (unpaired) electrons. The molecule has 2 heterocycles. The molecule has 3 atom stereocenters. The number of ether oxygens (including phenoxy) is 1. The average Bonchev–Trinajstić information content (AvgIpc) is 3.36. The fourth-order valence-corrected chi connectivity index (χ4v) is 8.76. The topological polar surface area (TPSA) is 276 Å². The fraction of sp³-hybridized carbons (Fsp3) is 0.358. The predicted octanol–water partition coefficient (Wildman–Crippen LogP) is 2.07. The molecule has 1 saturated heterocycles. The third-order valence-corrected chi connectivity index (χ3v) is 12.6. The first-order valence-corrected chi connectivity index (χ1v) is 23.7. The number of nitrogens with zero attached hydrogens (tertiary/aromatic N) is 1. The second kappa shape index (κ2) is 25.8. The molecule has 2 bridgehead atoms. The highest BCUT2D eigenvalue weighted by atomic mass is 16.5. The molecule has 9 N–H and O–H groups in total. The molecule has 4 aromatic rings. The molecule has 18 heteroatoms. The Morgan fingerprint density at radius 2 is 1.44 bits per heavy atom. The predicted molar refractivity (Wildman–Crippen MR) is 262 cm³/mol. The molecular formula is C53H61N7O11. The largest absolute Gasteiger partial charge is 0.481 e. The van der Waals surface area contributed by atoms with Crippen molar-refractivity contribution in [1.82, 2.24) is 31.5 Å². The van der Waals surface area contributed by atoms with E-state index in [1.165, 1.54) is 4.90 Å². The number of nitrogens with one attached hydrogen (secondary N) is 5. The van der Waals surface area contributed by atoms with Crippen LogP contribution >= 0.6 is 0 Å². The second-order valence-electron chi connectivity index (χ2n) is 17.8. The first-order chi connectivity index (χ1) is 34.2. The number of rotatable bonds is 15. The monoisotopic (exact) mass is 971 g/mol. The van der Waals surface area contributed by atoms with Crippen LogP contribution in [0.1, 0.15) is 47.1 Å². The third-order valence-electron chi connectivity index (χ3n) is 12.6. The van der Waals surface area contributed by atoms with Crippen LogP contribution in [0.2, 0.25) is 0 Å². The van der Waals surface area contributed by atoms with E-state index in [1.807, 2.05) is 54.6 Å². The zero-order chi connectivity index (χ0) is 50.8. The van der Waals surface area contributed by atoms with Crippen molar-refractivity contribution in [2.45, 2.75) is 63.6 Å². The first kappa shape index (κ1) is 52.7. The summed E-state index contributed by atoms with van der Waals surface area (Å²) in [7, 11) is 0. The second-order valence-corrected chi connectivity index (χ2v) is 17.8. The summed E-state index contributed by atoms with van der Waals surface area (Å²) in [5, 5.41) is 32.9. The molecule has 0 saturated carbocycles. The average molecular weight is 972 g/mol. The van der Waals surface area contributed by atoms with E-state index in [2.05, 4.69) is 26.6 Å². The number of amides is 6. The van der Waals surface area contributed by atoms with Gasteiger partial charge in [0.1, 0.15) is 12.1 Å². The Bertz CT molecular complexity index is 2540. The first-order valence-electron chi connectivity index (χ1n) is 23.7. The van der Waals surface area contributed by atoms with Gasteiger partial charge in [-0.25, -0.2) is 0 Å². The van der Waals surface area contributed by atoms with Gasteiger partial charge in [0.25, 0.3) is 0 Å². The van der Waals surface area contributed by atoms with Crippen LogP contribution in [-0.4, -0.2) is 121 Å². The minimum Gasteiger partial charge on any atom is -0.481 e. The van der Waals surface area contributed by atoms with Gasteiger partial charge >= 0.3 is 11.9 Å². The molecule has 71 heavy (non-hydrogen) atoms. The van der Waals surface area contributed by atoms with Gasteiger partial charge in [0.2, 0.25) is 35.4 Å². The number of carboxylic acids is 2. The van der Waals surface area contributed by atoms with Gasteiger partial charge in [0, 0.05) is 57.8 Å². The normalized spacial score (nSPS) is 19.9. The van der Waals surface area contributed by atoms with Gasteiger partial charge in [0.15, 0.2) is 5.92 Å². The van der Waals surface area contributed by atoms with Crippen LogP contribution in [0.3, 0.4) is 0 Å². The van der Waals surface area contributed by atoms with Gasteiger partial charge in [-0.3, -0.25) is 38.4 Å². The molecule has 18 nitrogen and oxygen atoms in total. The maximum atomic E-state index is 15.0. The summed E-state index contributed by atoms with van der Waals surface area (Å²) in [5.41, 5.74) is 9.22. The number of nitrogens with two attached hydrogens (primary N) is 1. The number of carbonyl (C=O) groups excluding carboxylic acids is 6. The standard InChI is InChI=1S/C53H61N7O11/c54-23-27-71-28-25-56-48(64)43-21-24-55-45(61)19-20-47(63)60-26-6-22-53(34-60,32-37-7-2-1-3-8-37)52(70)59-44(49(65)57-33-41-10-5-4-9-40(41)31-46(62)58-43)30-36-13-17-39(18-14-36)38-15-11-35(12-16-38)29-42(50(66)67)51(68)69/h1-5,7-20,42-44H,6,21-34,54H2,(H,55,61)(H,56,64)(H,57,65)(H,58,62)(H,59,70)(H,66,67)(H,68,69)/b20-19+/t43-,44-,53-/m0/s1. The Morgan fingerprint density at radius 3 is 2.11 bits per heavy atom. The Balaban J connectivity index is 1.29. The quantitative estimate of drug-likeness (QED) is 0.0629. The molecule has 374 valence electrons. The van der Waals surface area contributed by atoms with Crippen LogP contribution in [0.5, 0.6) is 0 Å². The molecule has 4 aromatic carbocycles. The minimum atomic E-state index is -1.58. The van der Waals surface area contributed by atoms with Crippen molar-refractivity contribution in [1.29, 1.82) is 0 Å². The summed E-state index contributed by atoms with van der Waals surface area (Å²) >= 11 is 0. The summed E-state index contributed by atoms with van der Waals surface area (Å²) in [5.74, 6) is -7.39.